The van der Waals surface area contributed by atoms with E-state index in [9.17, 15) is 9.59 Å². The molecule has 2 heterocycles. The molecule has 0 aliphatic carbocycles. The minimum Gasteiger partial charge on any atom is -0.355 e. The van der Waals surface area contributed by atoms with Gasteiger partial charge in [0.25, 0.3) is 11.8 Å². The summed E-state index contributed by atoms with van der Waals surface area (Å²) >= 11 is 5.07. The minimum atomic E-state index is -0.524. The number of nitrogens with zero attached hydrogens (tertiary/aromatic N) is 2. The van der Waals surface area contributed by atoms with E-state index in [4.69, 9.17) is 16.7 Å². The van der Waals surface area contributed by atoms with Gasteiger partial charge in [-0.1, -0.05) is 47.1 Å². The van der Waals surface area contributed by atoms with Crippen molar-refractivity contribution < 1.29 is 14.1 Å². The summed E-state index contributed by atoms with van der Waals surface area (Å²) in [6.45, 7) is 5.85. The zero-order chi connectivity index (χ0) is 20.5. The molecule has 0 radical (unpaired) electrons. The summed E-state index contributed by atoms with van der Waals surface area (Å²) in [4.78, 5) is 26.3. The van der Waals surface area contributed by atoms with Crippen molar-refractivity contribution in [2.24, 2.45) is 0 Å². The molecule has 1 saturated heterocycles. The Morgan fingerprint density at radius 1 is 1.21 bits per heavy atom. The van der Waals surface area contributed by atoms with Crippen LogP contribution in [0.2, 0.25) is 0 Å². The highest BCUT2D eigenvalue weighted by Crippen LogP contribution is 2.30. The smallest absolute Gasteiger partial charge is 0.265 e. The molecule has 3 aromatic rings. The van der Waals surface area contributed by atoms with Crippen LogP contribution >= 0.6 is 12.2 Å². The molecule has 29 heavy (non-hydrogen) atoms. The van der Waals surface area contributed by atoms with Gasteiger partial charge >= 0.3 is 0 Å². The van der Waals surface area contributed by atoms with Gasteiger partial charge < -0.3 is 4.52 Å². The number of nitrogens with one attached hydrogen (secondary N) is 1. The van der Waals surface area contributed by atoms with Crippen molar-refractivity contribution in [2.75, 3.05) is 6.54 Å². The molecule has 0 atom stereocenters. The molecule has 1 aromatic heterocycles. The van der Waals surface area contributed by atoms with Crippen molar-refractivity contribution in [1.82, 2.24) is 15.4 Å². The predicted octanol–water partition coefficient (Wildman–Crippen LogP) is 3.62. The second-order valence-electron chi connectivity index (χ2n) is 6.68. The first-order valence-corrected chi connectivity index (χ1v) is 9.35. The normalized spacial score (nSPS) is 15.8. The summed E-state index contributed by atoms with van der Waals surface area (Å²) in [6.07, 6.45) is 3.09. The lowest BCUT2D eigenvalue weighted by Gasteiger charge is -2.27. The maximum Gasteiger partial charge on any atom is 0.265 e. The summed E-state index contributed by atoms with van der Waals surface area (Å²) in [6, 6.07) is 13.3. The number of carbonyl (C=O) groups excluding carboxylic acids is 2. The Kier molecular flexibility index (Phi) is 4.82. The van der Waals surface area contributed by atoms with Gasteiger partial charge in [-0.25, -0.2) is 0 Å². The van der Waals surface area contributed by atoms with Gasteiger partial charge in [-0.3, -0.25) is 19.8 Å². The monoisotopic (exact) mass is 403 g/mol. The fourth-order valence-corrected chi connectivity index (χ4v) is 3.37. The molecule has 7 heteroatoms. The Labute approximate surface area is 172 Å². The average molecular weight is 403 g/mol. The molecular formula is C22H17N3O3S. The van der Waals surface area contributed by atoms with Crippen LogP contribution in [0, 0.1) is 6.92 Å². The second-order valence-corrected chi connectivity index (χ2v) is 7.06. The fourth-order valence-electron chi connectivity index (χ4n) is 3.12. The SMILES string of the molecule is C=CCN1C(=O)C(=Cc2ccc3noc(-c4ccc(C)cc4)c3c2)C(=O)NC1=S. The first kappa shape index (κ1) is 18.8. The van der Waals surface area contributed by atoms with Crippen molar-refractivity contribution in [3.63, 3.8) is 0 Å². The van der Waals surface area contributed by atoms with Crippen molar-refractivity contribution in [2.45, 2.75) is 6.92 Å². The summed E-state index contributed by atoms with van der Waals surface area (Å²) in [5.41, 5.74) is 3.42. The van der Waals surface area contributed by atoms with Gasteiger partial charge in [-0.2, -0.15) is 0 Å². The molecule has 0 saturated carbocycles. The van der Waals surface area contributed by atoms with Gasteiger partial charge in [0.1, 0.15) is 11.1 Å². The standard InChI is InChI=1S/C22H17N3O3S/c1-3-10-25-21(27)17(20(26)23-22(25)29)12-14-6-9-18-16(11-14)19(28-24-18)15-7-4-13(2)5-8-15/h3-9,11-12H,1,10H2,2H3,(H,23,26,29). The zero-order valence-corrected chi connectivity index (χ0v) is 16.5. The van der Waals surface area contributed by atoms with Crippen LogP contribution in [0.1, 0.15) is 11.1 Å². The van der Waals surface area contributed by atoms with E-state index in [1.807, 2.05) is 37.3 Å². The van der Waals surface area contributed by atoms with E-state index in [1.165, 1.54) is 4.90 Å². The molecule has 1 N–H and O–H groups in total. The molecule has 0 unspecified atom stereocenters. The minimum absolute atomic E-state index is 0.00754. The predicted molar refractivity (Wildman–Crippen MR) is 115 cm³/mol. The van der Waals surface area contributed by atoms with Crippen LogP contribution in [0.3, 0.4) is 0 Å². The van der Waals surface area contributed by atoms with E-state index < -0.39 is 11.8 Å². The summed E-state index contributed by atoms with van der Waals surface area (Å²) < 4.78 is 5.54. The Balaban J connectivity index is 1.76. The molecule has 6 nitrogen and oxygen atoms in total. The van der Waals surface area contributed by atoms with Crippen LogP contribution in [0.25, 0.3) is 28.3 Å². The quantitative estimate of drug-likeness (QED) is 0.312. The topological polar surface area (TPSA) is 75.4 Å². The number of thiocarbonyl (C=S) groups is 1. The van der Waals surface area contributed by atoms with E-state index in [0.29, 0.717) is 16.8 Å². The van der Waals surface area contributed by atoms with Gasteiger partial charge in [0, 0.05) is 12.1 Å². The largest absolute Gasteiger partial charge is 0.355 e. The molecule has 144 valence electrons. The number of amides is 2. The molecule has 0 spiro atoms. The Hall–Kier alpha value is -3.58. The molecule has 1 aliphatic heterocycles. The molecule has 1 aliphatic rings. The van der Waals surface area contributed by atoms with E-state index >= 15 is 0 Å². The highest BCUT2D eigenvalue weighted by Gasteiger charge is 2.32. The van der Waals surface area contributed by atoms with E-state index in [-0.39, 0.29) is 17.2 Å². The molecule has 2 amide bonds. The number of aryl methyl sites for hydroxylation is 1. The highest BCUT2D eigenvalue weighted by atomic mass is 32.1. The molecule has 1 fully saturated rings. The van der Waals surface area contributed by atoms with Crippen LogP contribution in [0.15, 0.2) is 65.2 Å². The average Bonchev–Trinajstić information content (AvgIpc) is 3.12. The number of hydrogen-bond acceptors (Lipinski definition) is 5. The maximum absolute atomic E-state index is 12.7. The number of rotatable bonds is 4. The lowest BCUT2D eigenvalue weighted by atomic mass is 10.0. The second kappa shape index (κ2) is 7.44. The summed E-state index contributed by atoms with van der Waals surface area (Å²) in [7, 11) is 0. The maximum atomic E-state index is 12.7. The number of hydrogen-bond donors (Lipinski definition) is 1. The van der Waals surface area contributed by atoms with Gasteiger partial charge in [0.2, 0.25) is 0 Å². The molecular weight excluding hydrogens is 386 g/mol. The Morgan fingerprint density at radius 3 is 2.69 bits per heavy atom. The number of benzene rings is 2. The lowest BCUT2D eigenvalue weighted by Crippen LogP contribution is -2.53. The molecule has 4 rings (SSSR count). The van der Waals surface area contributed by atoms with Crippen molar-refractivity contribution >= 4 is 46.1 Å². The van der Waals surface area contributed by atoms with Gasteiger partial charge in [-0.15, -0.1) is 6.58 Å². The van der Waals surface area contributed by atoms with Crippen LogP contribution in [0.4, 0.5) is 0 Å². The third-order valence-electron chi connectivity index (χ3n) is 4.62. The fraction of sp³-hybridized carbons (Fsp3) is 0.0909. The molecule has 2 aromatic carbocycles. The van der Waals surface area contributed by atoms with Crippen molar-refractivity contribution in [3.8, 4) is 11.3 Å². The van der Waals surface area contributed by atoms with Crippen molar-refractivity contribution in [1.29, 1.82) is 0 Å². The van der Waals surface area contributed by atoms with Crippen molar-refractivity contribution in [3.05, 3.63) is 71.8 Å². The number of fused-ring (bicyclic) bond motifs is 1. The summed E-state index contributed by atoms with van der Waals surface area (Å²) in [5, 5.41) is 7.52. The Bertz CT molecular complexity index is 1190. The van der Waals surface area contributed by atoms with Crippen LogP contribution in [-0.4, -0.2) is 33.5 Å². The first-order chi connectivity index (χ1) is 14.0. The highest BCUT2D eigenvalue weighted by molar-refractivity contribution is 7.80. The van der Waals surface area contributed by atoms with E-state index in [1.54, 1.807) is 24.3 Å². The first-order valence-electron chi connectivity index (χ1n) is 8.94. The third-order valence-corrected chi connectivity index (χ3v) is 4.95. The number of carbonyl (C=O) groups is 2. The van der Waals surface area contributed by atoms with Gasteiger partial charge in [0.15, 0.2) is 10.9 Å². The third kappa shape index (κ3) is 3.48. The van der Waals surface area contributed by atoms with Gasteiger partial charge in [0.05, 0.1) is 5.39 Å². The zero-order valence-electron chi connectivity index (χ0n) is 15.6. The molecule has 0 bridgehead atoms. The van der Waals surface area contributed by atoms with Gasteiger partial charge in [-0.05, 0) is 42.9 Å². The van der Waals surface area contributed by atoms with Crippen LogP contribution in [-0.2, 0) is 9.59 Å². The van der Waals surface area contributed by atoms with E-state index in [0.717, 1.165) is 16.5 Å². The van der Waals surface area contributed by atoms with Crippen LogP contribution in [0.5, 0.6) is 0 Å². The Morgan fingerprint density at radius 2 is 1.97 bits per heavy atom. The lowest BCUT2D eigenvalue weighted by molar-refractivity contribution is -0.128. The number of aromatic nitrogens is 1. The summed E-state index contributed by atoms with van der Waals surface area (Å²) in [5.74, 6) is -0.346. The van der Waals surface area contributed by atoms with E-state index in [2.05, 4.69) is 17.1 Å². The van der Waals surface area contributed by atoms with Crippen LogP contribution < -0.4 is 5.32 Å².